The minimum Gasteiger partial charge on any atom is -0.384 e. The molecule has 0 saturated carbocycles. The number of carbonyl (C=O) groups excluding carboxylic acids is 1. The van der Waals surface area contributed by atoms with E-state index in [0.717, 1.165) is 0 Å². The smallest absolute Gasteiger partial charge is 0.222 e. The number of carbonyl (C=O) groups is 1. The fourth-order valence-corrected chi connectivity index (χ4v) is 0.867. The lowest BCUT2D eigenvalue weighted by molar-refractivity contribution is -0.122. The highest BCUT2D eigenvalue weighted by atomic mass is 16.5. The van der Waals surface area contributed by atoms with Crippen molar-refractivity contribution < 1.29 is 9.53 Å². The summed E-state index contributed by atoms with van der Waals surface area (Å²) < 4.78 is 4.80. The summed E-state index contributed by atoms with van der Waals surface area (Å²) in [6, 6.07) is 0.134. The van der Waals surface area contributed by atoms with Crippen LogP contribution in [0.3, 0.4) is 0 Å². The van der Waals surface area contributed by atoms with Gasteiger partial charge in [0.1, 0.15) is 0 Å². The van der Waals surface area contributed by atoms with E-state index < -0.39 is 0 Å². The minimum absolute atomic E-state index is 0.0228. The SMILES string of the molecule is COCCC(=O)NC(C)C(C)CN. The van der Waals surface area contributed by atoms with Crippen LogP contribution in [0.15, 0.2) is 0 Å². The monoisotopic (exact) mass is 188 g/mol. The molecule has 2 unspecified atom stereocenters. The molecule has 0 aliphatic rings. The molecule has 0 radical (unpaired) electrons. The fraction of sp³-hybridized carbons (Fsp3) is 0.889. The summed E-state index contributed by atoms with van der Waals surface area (Å²) in [4.78, 5) is 11.2. The molecule has 0 aromatic heterocycles. The highest BCUT2D eigenvalue weighted by molar-refractivity contribution is 5.76. The van der Waals surface area contributed by atoms with Crippen LogP contribution in [0.4, 0.5) is 0 Å². The van der Waals surface area contributed by atoms with Crippen LogP contribution in [0, 0.1) is 5.92 Å². The summed E-state index contributed by atoms with van der Waals surface area (Å²) in [7, 11) is 1.58. The first kappa shape index (κ1) is 12.4. The van der Waals surface area contributed by atoms with Crippen LogP contribution in [0.2, 0.25) is 0 Å². The highest BCUT2D eigenvalue weighted by Crippen LogP contribution is 1.99. The van der Waals surface area contributed by atoms with E-state index in [2.05, 4.69) is 5.32 Å². The van der Waals surface area contributed by atoms with E-state index in [-0.39, 0.29) is 11.9 Å². The Morgan fingerprint density at radius 1 is 1.54 bits per heavy atom. The van der Waals surface area contributed by atoms with Gasteiger partial charge in [-0.1, -0.05) is 6.92 Å². The van der Waals surface area contributed by atoms with Crippen LogP contribution in [0.25, 0.3) is 0 Å². The van der Waals surface area contributed by atoms with Gasteiger partial charge in [-0.15, -0.1) is 0 Å². The number of hydrogen-bond acceptors (Lipinski definition) is 3. The third kappa shape index (κ3) is 5.60. The van der Waals surface area contributed by atoms with Gasteiger partial charge >= 0.3 is 0 Å². The Bertz CT molecular complexity index is 151. The van der Waals surface area contributed by atoms with Crippen LogP contribution in [0.1, 0.15) is 20.3 Å². The Labute approximate surface area is 79.8 Å². The third-order valence-corrected chi connectivity index (χ3v) is 2.15. The quantitative estimate of drug-likeness (QED) is 0.622. The van der Waals surface area contributed by atoms with Crippen molar-refractivity contribution in [3.05, 3.63) is 0 Å². The fourth-order valence-electron chi connectivity index (χ4n) is 0.867. The lowest BCUT2D eigenvalue weighted by Crippen LogP contribution is -2.40. The molecule has 0 fully saturated rings. The molecular weight excluding hydrogens is 168 g/mol. The number of nitrogens with one attached hydrogen (secondary N) is 1. The summed E-state index contributed by atoms with van der Waals surface area (Å²) in [5, 5.41) is 2.87. The number of amides is 1. The maximum atomic E-state index is 11.2. The molecule has 0 aromatic rings. The highest BCUT2D eigenvalue weighted by Gasteiger charge is 2.12. The van der Waals surface area contributed by atoms with Crippen molar-refractivity contribution in [1.29, 1.82) is 0 Å². The second-order valence-corrected chi connectivity index (χ2v) is 3.31. The second kappa shape index (κ2) is 6.86. The lowest BCUT2D eigenvalue weighted by Gasteiger charge is -2.19. The number of nitrogens with two attached hydrogens (primary N) is 1. The molecule has 0 aliphatic heterocycles. The standard InChI is InChI=1S/C9H20N2O2/c1-7(6-10)8(2)11-9(12)4-5-13-3/h7-8H,4-6,10H2,1-3H3,(H,11,12). The largest absolute Gasteiger partial charge is 0.384 e. The third-order valence-electron chi connectivity index (χ3n) is 2.15. The van der Waals surface area contributed by atoms with Crippen molar-refractivity contribution in [2.75, 3.05) is 20.3 Å². The number of ether oxygens (including phenoxy) is 1. The molecular formula is C9H20N2O2. The average molecular weight is 188 g/mol. The van der Waals surface area contributed by atoms with Crippen molar-refractivity contribution in [3.8, 4) is 0 Å². The van der Waals surface area contributed by atoms with E-state index in [1.807, 2.05) is 13.8 Å². The van der Waals surface area contributed by atoms with Gasteiger partial charge in [0.2, 0.25) is 5.91 Å². The zero-order chi connectivity index (χ0) is 10.3. The summed E-state index contributed by atoms with van der Waals surface area (Å²) in [6.07, 6.45) is 0.415. The molecule has 0 aromatic carbocycles. The van der Waals surface area contributed by atoms with Crippen molar-refractivity contribution in [1.82, 2.24) is 5.32 Å². The van der Waals surface area contributed by atoms with Crippen LogP contribution < -0.4 is 11.1 Å². The van der Waals surface area contributed by atoms with Gasteiger partial charge in [-0.3, -0.25) is 4.79 Å². The zero-order valence-corrected chi connectivity index (χ0v) is 8.67. The van der Waals surface area contributed by atoms with Gasteiger partial charge in [-0.2, -0.15) is 0 Å². The second-order valence-electron chi connectivity index (χ2n) is 3.31. The van der Waals surface area contributed by atoms with Crippen molar-refractivity contribution in [3.63, 3.8) is 0 Å². The minimum atomic E-state index is 0.0228. The maximum Gasteiger partial charge on any atom is 0.222 e. The molecule has 0 rings (SSSR count). The van der Waals surface area contributed by atoms with Crippen LogP contribution in [-0.2, 0) is 9.53 Å². The molecule has 0 bridgehead atoms. The van der Waals surface area contributed by atoms with Gasteiger partial charge in [0.25, 0.3) is 0 Å². The van der Waals surface area contributed by atoms with E-state index in [1.165, 1.54) is 0 Å². The van der Waals surface area contributed by atoms with E-state index in [0.29, 0.717) is 25.5 Å². The predicted octanol–water partition coefficient (Wildman–Crippen LogP) is 0.122. The molecule has 1 amide bonds. The van der Waals surface area contributed by atoms with E-state index in [4.69, 9.17) is 10.5 Å². The summed E-state index contributed by atoms with van der Waals surface area (Å²) in [5.74, 6) is 0.334. The number of methoxy groups -OCH3 is 1. The van der Waals surface area contributed by atoms with Crippen LogP contribution in [-0.4, -0.2) is 32.2 Å². The first-order valence-corrected chi connectivity index (χ1v) is 4.60. The molecule has 0 spiro atoms. The Morgan fingerprint density at radius 3 is 2.62 bits per heavy atom. The lowest BCUT2D eigenvalue weighted by atomic mass is 10.0. The normalized spacial score (nSPS) is 15.1. The molecule has 0 heterocycles. The van der Waals surface area contributed by atoms with E-state index in [1.54, 1.807) is 7.11 Å². The first-order chi connectivity index (χ1) is 6.11. The van der Waals surface area contributed by atoms with Crippen molar-refractivity contribution >= 4 is 5.91 Å². The first-order valence-electron chi connectivity index (χ1n) is 4.60. The van der Waals surface area contributed by atoms with E-state index >= 15 is 0 Å². The molecule has 4 heteroatoms. The van der Waals surface area contributed by atoms with Gasteiger partial charge in [-0.05, 0) is 19.4 Å². The number of rotatable bonds is 6. The molecule has 0 aliphatic carbocycles. The Kier molecular flexibility index (Phi) is 6.54. The summed E-state index contributed by atoms with van der Waals surface area (Å²) in [5.41, 5.74) is 5.47. The average Bonchev–Trinajstić information content (AvgIpc) is 2.13. The van der Waals surface area contributed by atoms with Gasteiger partial charge in [0.05, 0.1) is 6.61 Å². The summed E-state index contributed by atoms with van der Waals surface area (Å²) in [6.45, 7) is 5.03. The Hall–Kier alpha value is -0.610. The van der Waals surface area contributed by atoms with E-state index in [9.17, 15) is 4.79 Å². The van der Waals surface area contributed by atoms with Crippen LogP contribution in [0.5, 0.6) is 0 Å². The molecule has 13 heavy (non-hydrogen) atoms. The van der Waals surface area contributed by atoms with Gasteiger partial charge < -0.3 is 15.8 Å². The molecule has 0 saturated heterocycles. The van der Waals surface area contributed by atoms with Crippen LogP contribution >= 0.6 is 0 Å². The van der Waals surface area contributed by atoms with Gasteiger partial charge in [-0.25, -0.2) is 0 Å². The van der Waals surface area contributed by atoms with Gasteiger partial charge in [0.15, 0.2) is 0 Å². The predicted molar refractivity (Wildman–Crippen MR) is 52.3 cm³/mol. The number of hydrogen-bond donors (Lipinski definition) is 2. The topological polar surface area (TPSA) is 64.3 Å². The molecule has 4 nitrogen and oxygen atoms in total. The molecule has 2 atom stereocenters. The Morgan fingerprint density at radius 2 is 2.15 bits per heavy atom. The maximum absolute atomic E-state index is 11.2. The Balaban J connectivity index is 3.64. The molecule has 78 valence electrons. The van der Waals surface area contributed by atoms with Crippen molar-refractivity contribution in [2.45, 2.75) is 26.3 Å². The van der Waals surface area contributed by atoms with Crippen molar-refractivity contribution in [2.24, 2.45) is 11.7 Å². The summed E-state index contributed by atoms with van der Waals surface area (Å²) >= 11 is 0. The van der Waals surface area contributed by atoms with Gasteiger partial charge in [0, 0.05) is 19.6 Å². The zero-order valence-electron chi connectivity index (χ0n) is 8.67. The molecule has 3 N–H and O–H groups in total.